The van der Waals surface area contributed by atoms with Crippen molar-refractivity contribution in [1.29, 1.82) is 10.5 Å². The van der Waals surface area contributed by atoms with Crippen LogP contribution in [0.4, 0.5) is 0 Å². The number of para-hydroxylation sites is 2. The Morgan fingerprint density at radius 1 is 0.952 bits per heavy atom. The molecule has 3 aromatic rings. The lowest BCUT2D eigenvalue weighted by Gasteiger charge is -2.04. The minimum absolute atomic E-state index is 0.164. The van der Waals surface area contributed by atoms with E-state index in [1.54, 1.807) is 30.7 Å². The molecule has 1 N–H and O–H groups in total. The predicted molar refractivity (Wildman–Crippen MR) is 74.0 cm³/mol. The van der Waals surface area contributed by atoms with Gasteiger partial charge in [-0.15, -0.1) is 10.5 Å². The zero-order valence-corrected chi connectivity index (χ0v) is 10.7. The number of aromatic amines is 1. The Kier molecular flexibility index (Phi) is 3.12. The first-order chi connectivity index (χ1) is 10.3. The molecule has 0 spiro atoms. The molecule has 0 aliphatic carbocycles. The number of H-pyrrole nitrogens is 1. The summed E-state index contributed by atoms with van der Waals surface area (Å²) in [6.07, 6.45) is 3.12. The molecule has 21 heavy (non-hydrogen) atoms. The first-order valence-electron chi connectivity index (χ1n) is 6.03. The summed E-state index contributed by atoms with van der Waals surface area (Å²) < 4.78 is 9.55. The second-order valence-corrected chi connectivity index (χ2v) is 4.15. The van der Waals surface area contributed by atoms with Gasteiger partial charge in [-0.05, 0) is 30.3 Å². The summed E-state index contributed by atoms with van der Waals surface area (Å²) in [5, 5.41) is 17.2. The minimum atomic E-state index is 0.164. The van der Waals surface area contributed by atoms with Crippen LogP contribution in [0.25, 0.3) is 22.4 Å². The number of benzene rings is 2. The van der Waals surface area contributed by atoms with E-state index in [4.69, 9.17) is 20.0 Å². The van der Waals surface area contributed by atoms with E-state index in [1.165, 1.54) is 0 Å². The summed E-state index contributed by atoms with van der Waals surface area (Å²) in [6.45, 7) is 0. The number of hydrogen-bond acceptors (Lipinski definition) is 5. The molecular formula is C15H8N4O2. The van der Waals surface area contributed by atoms with Gasteiger partial charge in [-0.1, -0.05) is 12.1 Å². The molecule has 1 aromatic heterocycles. The lowest BCUT2D eigenvalue weighted by Crippen LogP contribution is -1.91. The van der Waals surface area contributed by atoms with Crippen molar-refractivity contribution in [3.8, 4) is 35.4 Å². The summed E-state index contributed by atoms with van der Waals surface area (Å²) >= 11 is 0. The van der Waals surface area contributed by atoms with Crippen molar-refractivity contribution in [3.05, 3.63) is 42.5 Å². The number of ether oxygens (including phenoxy) is 2. The summed E-state index contributed by atoms with van der Waals surface area (Å²) in [7, 11) is 0. The highest BCUT2D eigenvalue weighted by atomic mass is 16.5. The van der Waals surface area contributed by atoms with Gasteiger partial charge in [0.25, 0.3) is 12.5 Å². The Morgan fingerprint density at radius 2 is 1.71 bits per heavy atom. The van der Waals surface area contributed by atoms with Crippen LogP contribution in [0, 0.1) is 23.0 Å². The zero-order chi connectivity index (χ0) is 14.7. The van der Waals surface area contributed by atoms with E-state index in [2.05, 4.69) is 9.97 Å². The third-order valence-electron chi connectivity index (χ3n) is 2.92. The smallest absolute Gasteiger partial charge is 0.292 e. The zero-order valence-electron chi connectivity index (χ0n) is 10.7. The van der Waals surface area contributed by atoms with Gasteiger partial charge in [-0.3, -0.25) is 0 Å². The molecule has 100 valence electrons. The van der Waals surface area contributed by atoms with E-state index < -0.39 is 0 Å². The van der Waals surface area contributed by atoms with Gasteiger partial charge in [-0.25, -0.2) is 4.98 Å². The van der Waals surface area contributed by atoms with E-state index >= 15 is 0 Å². The molecule has 0 unspecified atom stereocenters. The van der Waals surface area contributed by atoms with Crippen molar-refractivity contribution >= 4 is 11.0 Å². The van der Waals surface area contributed by atoms with Gasteiger partial charge in [0.2, 0.25) is 0 Å². The molecule has 0 saturated heterocycles. The Balaban J connectivity index is 2.08. The van der Waals surface area contributed by atoms with Crippen LogP contribution in [-0.4, -0.2) is 9.97 Å². The lowest BCUT2D eigenvalue weighted by atomic mass is 10.2. The third-order valence-corrected chi connectivity index (χ3v) is 2.92. The quantitative estimate of drug-likeness (QED) is 0.742. The largest absolute Gasteiger partial charge is 0.384 e. The molecule has 0 fully saturated rings. The van der Waals surface area contributed by atoms with Crippen LogP contribution in [-0.2, 0) is 0 Å². The summed E-state index contributed by atoms with van der Waals surface area (Å²) in [5.41, 5.74) is 2.47. The fourth-order valence-corrected chi connectivity index (χ4v) is 2.01. The summed E-state index contributed by atoms with van der Waals surface area (Å²) in [4.78, 5) is 7.64. The summed E-state index contributed by atoms with van der Waals surface area (Å²) in [5.74, 6) is 0.985. The molecule has 6 heteroatoms. The highest BCUT2D eigenvalue weighted by molar-refractivity contribution is 5.79. The molecule has 1 heterocycles. The Labute approximate surface area is 119 Å². The van der Waals surface area contributed by atoms with Crippen LogP contribution in [0.3, 0.4) is 0 Å². The van der Waals surface area contributed by atoms with E-state index in [1.807, 2.05) is 24.3 Å². The Hall–Kier alpha value is -3.51. The number of nitrogens with zero attached hydrogens (tertiary/aromatic N) is 3. The van der Waals surface area contributed by atoms with E-state index in [-0.39, 0.29) is 11.5 Å². The first kappa shape index (κ1) is 12.5. The normalized spacial score (nSPS) is 9.81. The van der Waals surface area contributed by atoms with E-state index in [0.29, 0.717) is 5.82 Å². The molecule has 0 aliphatic rings. The molecule has 0 aliphatic heterocycles. The van der Waals surface area contributed by atoms with Crippen LogP contribution in [0.1, 0.15) is 0 Å². The van der Waals surface area contributed by atoms with Gasteiger partial charge in [0.1, 0.15) is 5.82 Å². The number of aromatic nitrogens is 2. The maximum atomic E-state index is 8.65. The molecule has 6 nitrogen and oxygen atoms in total. The van der Waals surface area contributed by atoms with Crippen molar-refractivity contribution in [2.75, 3.05) is 0 Å². The van der Waals surface area contributed by atoms with Gasteiger partial charge >= 0.3 is 0 Å². The van der Waals surface area contributed by atoms with E-state index in [0.717, 1.165) is 16.6 Å². The first-order valence-corrected chi connectivity index (χ1v) is 6.03. The molecule has 0 bridgehead atoms. The monoisotopic (exact) mass is 276 g/mol. The van der Waals surface area contributed by atoms with E-state index in [9.17, 15) is 0 Å². The van der Waals surface area contributed by atoms with Crippen LogP contribution in [0.15, 0.2) is 42.5 Å². The molecule has 0 radical (unpaired) electrons. The average molecular weight is 276 g/mol. The molecule has 3 rings (SSSR count). The second kappa shape index (κ2) is 5.24. The van der Waals surface area contributed by atoms with Crippen LogP contribution >= 0.6 is 0 Å². The van der Waals surface area contributed by atoms with Crippen molar-refractivity contribution in [2.45, 2.75) is 0 Å². The maximum Gasteiger partial charge on any atom is 0.292 e. The predicted octanol–water partition coefficient (Wildman–Crippen LogP) is 2.95. The number of nitrogens with one attached hydrogen (secondary N) is 1. The van der Waals surface area contributed by atoms with Crippen LogP contribution in [0.5, 0.6) is 11.5 Å². The van der Waals surface area contributed by atoms with Crippen molar-refractivity contribution < 1.29 is 9.47 Å². The van der Waals surface area contributed by atoms with Crippen molar-refractivity contribution in [3.63, 3.8) is 0 Å². The van der Waals surface area contributed by atoms with Gasteiger partial charge in [0.05, 0.1) is 11.0 Å². The molecular weight excluding hydrogens is 268 g/mol. The number of fused-ring (bicyclic) bond motifs is 1. The van der Waals surface area contributed by atoms with Crippen molar-refractivity contribution in [1.82, 2.24) is 9.97 Å². The number of rotatable bonds is 3. The Bertz CT molecular complexity index is 854. The molecule has 0 atom stereocenters. The van der Waals surface area contributed by atoms with Crippen LogP contribution < -0.4 is 9.47 Å². The molecule has 0 amide bonds. The molecule has 2 aromatic carbocycles. The number of nitriles is 2. The van der Waals surface area contributed by atoms with Gasteiger partial charge < -0.3 is 14.5 Å². The second-order valence-electron chi connectivity index (χ2n) is 4.15. The summed E-state index contributed by atoms with van der Waals surface area (Å²) in [6, 6.07) is 12.5. The minimum Gasteiger partial charge on any atom is -0.384 e. The molecule has 0 saturated carbocycles. The van der Waals surface area contributed by atoms with Gasteiger partial charge in [0, 0.05) is 5.56 Å². The van der Waals surface area contributed by atoms with Crippen molar-refractivity contribution in [2.24, 2.45) is 0 Å². The number of hydrogen-bond donors (Lipinski definition) is 1. The number of imidazole rings is 1. The third kappa shape index (κ3) is 2.34. The fraction of sp³-hybridized carbons (Fsp3) is 0. The average Bonchev–Trinajstić information content (AvgIpc) is 2.93. The fourth-order valence-electron chi connectivity index (χ4n) is 2.01. The van der Waals surface area contributed by atoms with Gasteiger partial charge in [-0.2, -0.15) is 0 Å². The highest BCUT2D eigenvalue weighted by Crippen LogP contribution is 2.32. The van der Waals surface area contributed by atoms with Crippen LogP contribution in [0.2, 0.25) is 0 Å². The van der Waals surface area contributed by atoms with Gasteiger partial charge in [0.15, 0.2) is 11.5 Å². The standard InChI is InChI=1S/C15H8N4O2/c16-8-20-13-6-5-10(7-14(13)21-9-17)15-18-11-3-1-2-4-12(11)19-15/h1-7H,(H,18,19). The topological polar surface area (TPSA) is 94.7 Å². The Morgan fingerprint density at radius 3 is 2.48 bits per heavy atom. The lowest BCUT2D eigenvalue weighted by molar-refractivity contribution is 0.441. The SMILES string of the molecule is N#COc1ccc(-c2nc3ccccc3[nH]2)cc1OC#N. The highest BCUT2D eigenvalue weighted by Gasteiger charge is 2.11. The maximum absolute atomic E-state index is 8.65.